The van der Waals surface area contributed by atoms with Crippen LogP contribution in [-0.4, -0.2) is 21.5 Å². The van der Waals surface area contributed by atoms with E-state index in [0.29, 0.717) is 41.1 Å². The maximum absolute atomic E-state index is 12.5. The number of carbonyl (C=O) groups excluding carboxylic acids is 2. The van der Waals surface area contributed by atoms with Crippen molar-refractivity contribution in [1.82, 2.24) is 14.9 Å². The minimum atomic E-state index is -0.630. The van der Waals surface area contributed by atoms with E-state index in [1.807, 2.05) is 6.92 Å². The van der Waals surface area contributed by atoms with E-state index in [1.54, 1.807) is 54.0 Å². The van der Waals surface area contributed by atoms with E-state index >= 15 is 0 Å². The van der Waals surface area contributed by atoms with Crippen molar-refractivity contribution in [2.45, 2.75) is 26.9 Å². The number of aromatic nitrogens is 2. The Hall–Kier alpha value is -3.68. The number of primary amides is 1. The average molecular weight is 379 g/mol. The second-order valence-electron chi connectivity index (χ2n) is 6.32. The monoisotopic (exact) mass is 379 g/mol. The number of urea groups is 1. The van der Waals surface area contributed by atoms with Gasteiger partial charge < -0.3 is 20.9 Å². The molecule has 2 aromatic carbocycles. The van der Waals surface area contributed by atoms with Gasteiger partial charge in [0.25, 0.3) is 11.5 Å². The van der Waals surface area contributed by atoms with Crippen molar-refractivity contribution in [2.24, 2.45) is 5.73 Å². The van der Waals surface area contributed by atoms with Crippen molar-refractivity contribution in [3.63, 3.8) is 0 Å². The molecule has 0 spiro atoms. The maximum atomic E-state index is 12.5. The molecular weight excluding hydrogens is 358 g/mol. The standard InChI is InChI=1S/C20H21N5O3/c1-3-25-17-9-6-14(10-16(17)23-12(2)19(25)27)18(26)22-11-13-4-7-15(8-5-13)24-20(21)28/h4-10H,3,11H2,1-2H3,(H,22,26)(H3,21,24,28). The number of anilines is 1. The normalized spacial score (nSPS) is 10.6. The molecule has 28 heavy (non-hydrogen) atoms. The van der Waals surface area contributed by atoms with Crippen LogP contribution in [0.5, 0.6) is 0 Å². The van der Waals surface area contributed by atoms with E-state index in [4.69, 9.17) is 5.73 Å². The van der Waals surface area contributed by atoms with Crippen molar-refractivity contribution in [2.75, 3.05) is 5.32 Å². The molecule has 0 radical (unpaired) electrons. The van der Waals surface area contributed by atoms with Crippen LogP contribution in [0.3, 0.4) is 0 Å². The van der Waals surface area contributed by atoms with Gasteiger partial charge in [0.15, 0.2) is 0 Å². The molecule has 0 saturated carbocycles. The number of nitrogens with zero attached hydrogens (tertiary/aromatic N) is 2. The van der Waals surface area contributed by atoms with Gasteiger partial charge in [-0.3, -0.25) is 9.59 Å². The molecule has 0 aliphatic carbocycles. The number of amides is 3. The Labute approximate surface area is 161 Å². The van der Waals surface area contributed by atoms with Gasteiger partial charge in [-0.2, -0.15) is 0 Å². The van der Waals surface area contributed by atoms with Gasteiger partial charge in [-0.25, -0.2) is 9.78 Å². The molecule has 1 aromatic heterocycles. The van der Waals surface area contributed by atoms with Gasteiger partial charge in [-0.05, 0) is 49.7 Å². The van der Waals surface area contributed by atoms with Crippen molar-refractivity contribution < 1.29 is 9.59 Å². The molecule has 0 unspecified atom stereocenters. The third kappa shape index (κ3) is 4.01. The summed E-state index contributed by atoms with van der Waals surface area (Å²) in [4.78, 5) is 39.8. The first kappa shape index (κ1) is 19.1. The lowest BCUT2D eigenvalue weighted by atomic mass is 10.1. The summed E-state index contributed by atoms with van der Waals surface area (Å²) in [6.07, 6.45) is 0. The zero-order chi connectivity index (χ0) is 20.3. The highest BCUT2D eigenvalue weighted by Crippen LogP contribution is 2.14. The Bertz CT molecular complexity index is 1100. The Kier molecular flexibility index (Phi) is 5.39. The fourth-order valence-corrected chi connectivity index (χ4v) is 2.96. The Morgan fingerprint density at radius 2 is 1.86 bits per heavy atom. The van der Waals surface area contributed by atoms with Gasteiger partial charge in [0.1, 0.15) is 5.69 Å². The number of hydrogen-bond donors (Lipinski definition) is 3. The molecule has 3 amide bonds. The summed E-state index contributed by atoms with van der Waals surface area (Å²) in [5.74, 6) is -0.241. The first-order chi connectivity index (χ1) is 13.4. The zero-order valence-electron chi connectivity index (χ0n) is 15.7. The first-order valence-electron chi connectivity index (χ1n) is 8.84. The minimum Gasteiger partial charge on any atom is -0.351 e. The smallest absolute Gasteiger partial charge is 0.316 e. The number of aryl methyl sites for hydroxylation is 2. The zero-order valence-corrected chi connectivity index (χ0v) is 15.7. The molecule has 3 aromatic rings. The molecule has 0 fully saturated rings. The summed E-state index contributed by atoms with van der Waals surface area (Å²) < 4.78 is 1.64. The molecule has 4 N–H and O–H groups in total. The second kappa shape index (κ2) is 7.91. The summed E-state index contributed by atoms with van der Waals surface area (Å²) in [5, 5.41) is 5.33. The Morgan fingerprint density at radius 3 is 2.50 bits per heavy atom. The summed E-state index contributed by atoms with van der Waals surface area (Å²) in [7, 11) is 0. The van der Waals surface area contributed by atoms with Crippen molar-refractivity contribution in [3.8, 4) is 0 Å². The molecule has 0 saturated heterocycles. The van der Waals surface area contributed by atoms with E-state index < -0.39 is 6.03 Å². The molecule has 0 aliphatic rings. The number of carbonyl (C=O) groups is 2. The fourth-order valence-electron chi connectivity index (χ4n) is 2.96. The molecule has 144 valence electrons. The quantitative estimate of drug-likeness (QED) is 0.629. The molecule has 1 heterocycles. The van der Waals surface area contributed by atoms with Gasteiger partial charge in [0.05, 0.1) is 11.0 Å². The van der Waals surface area contributed by atoms with E-state index in [9.17, 15) is 14.4 Å². The predicted molar refractivity (Wildman–Crippen MR) is 107 cm³/mol. The van der Waals surface area contributed by atoms with Crippen LogP contribution in [0, 0.1) is 6.92 Å². The van der Waals surface area contributed by atoms with Crippen LogP contribution >= 0.6 is 0 Å². The maximum Gasteiger partial charge on any atom is 0.316 e. The number of nitrogens with two attached hydrogens (primary N) is 1. The summed E-state index contributed by atoms with van der Waals surface area (Å²) in [5.41, 5.74) is 8.57. The first-order valence-corrected chi connectivity index (χ1v) is 8.84. The molecule has 8 nitrogen and oxygen atoms in total. The molecule has 0 aliphatic heterocycles. The highest BCUT2D eigenvalue weighted by atomic mass is 16.2. The van der Waals surface area contributed by atoms with E-state index in [0.717, 1.165) is 5.56 Å². The number of hydrogen-bond acceptors (Lipinski definition) is 4. The summed E-state index contributed by atoms with van der Waals surface area (Å²) in [6, 6.07) is 11.5. The number of fused-ring (bicyclic) bond motifs is 1. The Balaban J connectivity index is 1.75. The molecule has 0 bridgehead atoms. The van der Waals surface area contributed by atoms with Crippen LogP contribution in [0.4, 0.5) is 10.5 Å². The van der Waals surface area contributed by atoms with Gasteiger partial charge in [-0.1, -0.05) is 12.1 Å². The van der Waals surface area contributed by atoms with E-state index in [1.165, 1.54) is 0 Å². The van der Waals surface area contributed by atoms with Crippen molar-refractivity contribution in [3.05, 3.63) is 69.6 Å². The van der Waals surface area contributed by atoms with Crippen LogP contribution in [0.2, 0.25) is 0 Å². The third-order valence-electron chi connectivity index (χ3n) is 4.36. The van der Waals surface area contributed by atoms with Gasteiger partial charge >= 0.3 is 6.03 Å². The SMILES string of the molecule is CCn1c(=O)c(C)nc2cc(C(=O)NCc3ccc(NC(N)=O)cc3)ccc21. The van der Waals surface area contributed by atoms with Gasteiger partial charge in [-0.15, -0.1) is 0 Å². The topological polar surface area (TPSA) is 119 Å². The fraction of sp³-hybridized carbons (Fsp3) is 0.200. The highest BCUT2D eigenvalue weighted by Gasteiger charge is 2.11. The van der Waals surface area contributed by atoms with Crippen molar-refractivity contribution in [1.29, 1.82) is 0 Å². The molecule has 8 heteroatoms. The third-order valence-corrected chi connectivity index (χ3v) is 4.36. The van der Waals surface area contributed by atoms with E-state index in [-0.39, 0.29) is 11.5 Å². The summed E-state index contributed by atoms with van der Waals surface area (Å²) >= 11 is 0. The number of rotatable bonds is 5. The van der Waals surface area contributed by atoms with Crippen molar-refractivity contribution >= 4 is 28.7 Å². The number of benzene rings is 2. The van der Waals surface area contributed by atoms with Crippen LogP contribution in [0.15, 0.2) is 47.3 Å². The number of nitrogens with one attached hydrogen (secondary N) is 2. The lowest BCUT2D eigenvalue weighted by Crippen LogP contribution is -2.25. The Morgan fingerprint density at radius 1 is 1.14 bits per heavy atom. The predicted octanol–water partition coefficient (Wildman–Crippen LogP) is 2.15. The van der Waals surface area contributed by atoms with Gasteiger partial charge in [0, 0.05) is 24.3 Å². The molecule has 0 atom stereocenters. The van der Waals surface area contributed by atoms with Crippen LogP contribution in [-0.2, 0) is 13.1 Å². The largest absolute Gasteiger partial charge is 0.351 e. The lowest BCUT2D eigenvalue weighted by molar-refractivity contribution is 0.0951. The summed E-state index contributed by atoms with van der Waals surface area (Å²) in [6.45, 7) is 4.42. The van der Waals surface area contributed by atoms with Gasteiger partial charge in [0.2, 0.25) is 0 Å². The lowest BCUT2D eigenvalue weighted by Gasteiger charge is -2.11. The van der Waals surface area contributed by atoms with E-state index in [2.05, 4.69) is 15.6 Å². The van der Waals surface area contributed by atoms with Crippen LogP contribution < -0.4 is 21.9 Å². The average Bonchev–Trinajstić information content (AvgIpc) is 2.67. The molecule has 3 rings (SSSR count). The van der Waals surface area contributed by atoms with Crippen LogP contribution in [0.25, 0.3) is 11.0 Å². The second-order valence-corrected chi connectivity index (χ2v) is 6.32. The van der Waals surface area contributed by atoms with Crippen LogP contribution in [0.1, 0.15) is 28.5 Å². The molecular formula is C20H21N5O3. The minimum absolute atomic E-state index is 0.124. The highest BCUT2D eigenvalue weighted by molar-refractivity contribution is 5.97.